The number of aromatic nitrogens is 3. The van der Waals surface area contributed by atoms with E-state index in [0.29, 0.717) is 22.5 Å². The molecule has 0 unspecified atom stereocenters. The number of halogens is 1. The van der Waals surface area contributed by atoms with Crippen LogP contribution in [0.3, 0.4) is 0 Å². The fourth-order valence-electron chi connectivity index (χ4n) is 4.23. The highest BCUT2D eigenvalue weighted by atomic mass is 19.1. The molecule has 5 rings (SSSR count). The number of nitro benzene ring substituents is 1. The number of aryl methyl sites for hydroxylation is 3. The lowest BCUT2D eigenvalue weighted by Gasteiger charge is -2.14. The molecule has 0 amide bonds. The lowest BCUT2D eigenvalue weighted by Crippen LogP contribution is -2.05. The van der Waals surface area contributed by atoms with E-state index in [4.69, 9.17) is 0 Å². The Balaban J connectivity index is 0.00000259. The van der Waals surface area contributed by atoms with Gasteiger partial charge in [-0.3, -0.25) is 10.1 Å². The van der Waals surface area contributed by atoms with Crippen LogP contribution >= 0.6 is 0 Å². The van der Waals surface area contributed by atoms with Crippen LogP contribution in [0.5, 0.6) is 0 Å². The van der Waals surface area contributed by atoms with Gasteiger partial charge in [0.05, 0.1) is 33.6 Å². The van der Waals surface area contributed by atoms with Crippen LogP contribution in [0.1, 0.15) is 30.5 Å². The van der Waals surface area contributed by atoms with Crippen molar-refractivity contribution in [3.8, 4) is 17.3 Å². The maximum atomic E-state index is 13.9. The Bertz CT molecular complexity index is 1450. The number of nitrogens with zero attached hydrogens (tertiary/aromatic N) is 5. The maximum absolute atomic E-state index is 13.9. The SMILES string of the molecule is C.Cc1cc(F)c([N+](=O)[O-])cc1Nc1ncc(C#N)c(-c2cn3c4c(cccc24)CCC3)n1. The maximum Gasteiger partial charge on any atom is 0.306 e. The minimum Gasteiger partial charge on any atom is -0.347 e. The molecule has 9 heteroatoms. The van der Waals surface area contributed by atoms with Gasteiger partial charge in [-0.2, -0.15) is 9.65 Å². The van der Waals surface area contributed by atoms with Crippen LogP contribution in [-0.4, -0.2) is 19.5 Å². The van der Waals surface area contributed by atoms with Crippen molar-refractivity contribution in [2.45, 2.75) is 33.7 Å². The molecule has 0 aliphatic carbocycles. The summed E-state index contributed by atoms with van der Waals surface area (Å²) in [7, 11) is 0. The molecule has 0 radical (unpaired) electrons. The monoisotopic (exact) mass is 444 g/mol. The van der Waals surface area contributed by atoms with Gasteiger partial charge in [-0.25, -0.2) is 9.97 Å². The summed E-state index contributed by atoms with van der Waals surface area (Å²) in [6.45, 7) is 2.52. The zero-order valence-corrected chi connectivity index (χ0v) is 17.1. The Morgan fingerprint density at radius 3 is 2.91 bits per heavy atom. The molecule has 0 bridgehead atoms. The van der Waals surface area contributed by atoms with Gasteiger partial charge in [0.2, 0.25) is 11.8 Å². The molecular formula is C24H21FN6O2. The van der Waals surface area contributed by atoms with E-state index in [9.17, 15) is 19.8 Å². The normalized spacial score (nSPS) is 12.2. The van der Waals surface area contributed by atoms with E-state index in [2.05, 4.69) is 32.0 Å². The number of para-hydroxylation sites is 1. The molecule has 8 nitrogen and oxygen atoms in total. The molecule has 0 spiro atoms. The summed E-state index contributed by atoms with van der Waals surface area (Å²) in [4.78, 5) is 19.1. The number of rotatable bonds is 4. The summed E-state index contributed by atoms with van der Waals surface area (Å²) in [6, 6.07) is 10.5. The Morgan fingerprint density at radius 1 is 1.33 bits per heavy atom. The molecule has 0 fully saturated rings. The molecule has 2 aromatic carbocycles. The van der Waals surface area contributed by atoms with Crippen LogP contribution in [0, 0.1) is 34.2 Å². The second kappa shape index (κ2) is 8.31. The molecule has 4 aromatic rings. The molecule has 1 aliphatic rings. The minimum absolute atomic E-state index is 0. The molecular weight excluding hydrogens is 423 g/mol. The average molecular weight is 444 g/mol. The van der Waals surface area contributed by atoms with Crippen molar-refractivity contribution < 1.29 is 9.31 Å². The van der Waals surface area contributed by atoms with Gasteiger partial charge < -0.3 is 9.88 Å². The van der Waals surface area contributed by atoms with Gasteiger partial charge in [-0.15, -0.1) is 0 Å². The highest BCUT2D eigenvalue weighted by Crippen LogP contribution is 2.36. The summed E-state index contributed by atoms with van der Waals surface area (Å²) in [5.41, 5.74) is 4.18. The molecule has 33 heavy (non-hydrogen) atoms. The van der Waals surface area contributed by atoms with Crippen molar-refractivity contribution in [1.29, 1.82) is 5.26 Å². The third-order valence-corrected chi connectivity index (χ3v) is 5.73. The Labute approximate surface area is 189 Å². The smallest absolute Gasteiger partial charge is 0.306 e. The zero-order chi connectivity index (χ0) is 22.4. The van der Waals surface area contributed by atoms with Crippen LogP contribution in [0.4, 0.5) is 21.7 Å². The first kappa shape index (κ1) is 21.9. The molecule has 3 heterocycles. The number of hydrogen-bond donors (Lipinski definition) is 1. The van der Waals surface area contributed by atoms with Crippen molar-refractivity contribution in [2.75, 3.05) is 5.32 Å². The van der Waals surface area contributed by atoms with Gasteiger partial charge in [-0.05, 0) is 37.0 Å². The lowest BCUT2D eigenvalue weighted by molar-refractivity contribution is -0.387. The van der Waals surface area contributed by atoms with E-state index in [0.717, 1.165) is 48.0 Å². The summed E-state index contributed by atoms with van der Waals surface area (Å²) in [6.07, 6.45) is 5.48. The van der Waals surface area contributed by atoms with Crippen molar-refractivity contribution in [2.24, 2.45) is 0 Å². The first-order valence-corrected chi connectivity index (χ1v) is 10.1. The highest BCUT2D eigenvalue weighted by molar-refractivity contribution is 5.98. The molecule has 0 saturated carbocycles. The molecule has 0 saturated heterocycles. The molecule has 1 N–H and O–H groups in total. The van der Waals surface area contributed by atoms with E-state index in [1.807, 2.05) is 18.3 Å². The van der Waals surface area contributed by atoms with Gasteiger partial charge in [0, 0.05) is 29.8 Å². The van der Waals surface area contributed by atoms with Crippen molar-refractivity contribution in [1.82, 2.24) is 14.5 Å². The summed E-state index contributed by atoms with van der Waals surface area (Å²) in [5.74, 6) is -0.747. The van der Waals surface area contributed by atoms with Crippen molar-refractivity contribution in [3.63, 3.8) is 0 Å². The third-order valence-electron chi connectivity index (χ3n) is 5.73. The fourth-order valence-corrected chi connectivity index (χ4v) is 4.23. The van der Waals surface area contributed by atoms with Crippen molar-refractivity contribution >= 4 is 28.2 Å². The average Bonchev–Trinajstić information content (AvgIpc) is 3.16. The quantitative estimate of drug-likeness (QED) is 0.322. The van der Waals surface area contributed by atoms with E-state index in [1.165, 1.54) is 11.8 Å². The lowest BCUT2D eigenvalue weighted by atomic mass is 10.0. The molecule has 2 aromatic heterocycles. The Hall–Kier alpha value is -4.32. The third kappa shape index (κ3) is 3.65. The molecule has 1 aliphatic heterocycles. The topological polar surface area (TPSA) is 110 Å². The van der Waals surface area contributed by atoms with Crippen LogP contribution in [0.25, 0.3) is 22.2 Å². The summed E-state index contributed by atoms with van der Waals surface area (Å²) in [5, 5.41) is 24.7. The Morgan fingerprint density at radius 2 is 2.15 bits per heavy atom. The minimum atomic E-state index is -0.909. The van der Waals surface area contributed by atoms with E-state index in [1.54, 1.807) is 6.92 Å². The van der Waals surface area contributed by atoms with Crippen LogP contribution in [0.15, 0.2) is 42.7 Å². The summed E-state index contributed by atoms with van der Waals surface area (Å²) >= 11 is 0. The number of nitriles is 1. The summed E-state index contributed by atoms with van der Waals surface area (Å²) < 4.78 is 16.1. The predicted octanol–water partition coefficient (Wildman–Crippen LogP) is 5.65. The molecule has 166 valence electrons. The zero-order valence-electron chi connectivity index (χ0n) is 17.1. The van der Waals surface area contributed by atoms with Crippen LogP contribution in [-0.2, 0) is 13.0 Å². The van der Waals surface area contributed by atoms with Crippen LogP contribution in [0.2, 0.25) is 0 Å². The van der Waals surface area contributed by atoms with E-state index >= 15 is 0 Å². The second-order valence-corrected chi connectivity index (χ2v) is 7.72. The van der Waals surface area contributed by atoms with Crippen molar-refractivity contribution in [3.05, 3.63) is 75.3 Å². The largest absolute Gasteiger partial charge is 0.347 e. The Kier molecular flexibility index (Phi) is 5.52. The number of hydrogen-bond acceptors (Lipinski definition) is 6. The number of nitro groups is 1. The first-order chi connectivity index (χ1) is 15.5. The standard InChI is InChI=1S/C23H17FN6O2.CH4/c1-13-8-18(24)20(30(31)32)9-19(13)27-23-26-11-15(10-25)21(28-23)17-12-29-7-3-5-14-4-2-6-16(17)22(14)29;/h2,4,6,8-9,11-12H,3,5,7H2,1H3,(H,26,27,28);1H4. The first-order valence-electron chi connectivity index (χ1n) is 10.1. The van der Waals surface area contributed by atoms with Gasteiger partial charge in [0.1, 0.15) is 6.07 Å². The number of anilines is 2. The van der Waals surface area contributed by atoms with Gasteiger partial charge in [0.15, 0.2) is 0 Å². The van der Waals surface area contributed by atoms with Gasteiger partial charge >= 0.3 is 5.69 Å². The van der Waals surface area contributed by atoms with Gasteiger partial charge in [-0.1, -0.05) is 25.6 Å². The molecule has 0 atom stereocenters. The van der Waals surface area contributed by atoms with Crippen LogP contribution < -0.4 is 5.32 Å². The fraction of sp³-hybridized carbons (Fsp3) is 0.208. The number of benzene rings is 2. The van der Waals surface area contributed by atoms with E-state index in [-0.39, 0.29) is 13.4 Å². The van der Waals surface area contributed by atoms with Gasteiger partial charge in [0.25, 0.3) is 0 Å². The highest BCUT2D eigenvalue weighted by Gasteiger charge is 2.21. The number of nitrogens with one attached hydrogen (secondary N) is 1. The second-order valence-electron chi connectivity index (χ2n) is 7.72. The predicted molar refractivity (Wildman–Crippen MR) is 124 cm³/mol. The van der Waals surface area contributed by atoms with E-state index < -0.39 is 16.4 Å².